The fourth-order valence-electron chi connectivity index (χ4n) is 3.57. The van der Waals surface area contributed by atoms with Crippen molar-refractivity contribution in [2.45, 2.75) is 40.0 Å². The highest BCUT2D eigenvalue weighted by Gasteiger charge is 2.23. The van der Waals surface area contributed by atoms with Crippen LogP contribution in [0.4, 0.5) is 0 Å². The van der Waals surface area contributed by atoms with Gasteiger partial charge in [0.05, 0.1) is 0 Å². The van der Waals surface area contributed by atoms with Gasteiger partial charge in [-0.1, -0.05) is 89.5 Å². The Bertz CT molecular complexity index is 917. The molecule has 0 aliphatic heterocycles. The van der Waals surface area contributed by atoms with Gasteiger partial charge < -0.3 is 0 Å². The third kappa shape index (κ3) is 6.32. The van der Waals surface area contributed by atoms with Gasteiger partial charge in [0, 0.05) is 36.0 Å². The van der Waals surface area contributed by atoms with Gasteiger partial charge in [-0.3, -0.25) is 14.4 Å². The lowest BCUT2D eigenvalue weighted by Crippen LogP contribution is -2.17. The van der Waals surface area contributed by atoms with Crippen molar-refractivity contribution in [2.24, 2.45) is 5.92 Å². The smallest absolute Gasteiger partial charge is 0.163 e. The van der Waals surface area contributed by atoms with E-state index in [0.717, 1.165) is 16.7 Å². The topological polar surface area (TPSA) is 51.2 Å². The minimum absolute atomic E-state index is 0.0431. The molecule has 0 fully saturated rings. The normalized spacial score (nSPS) is 10.8. The summed E-state index contributed by atoms with van der Waals surface area (Å²) in [5.41, 5.74) is 5.08. The van der Waals surface area contributed by atoms with E-state index in [2.05, 4.69) is 0 Å². The third-order valence-electron chi connectivity index (χ3n) is 5.54. The first-order valence-electron chi connectivity index (χ1n) is 10.6. The Morgan fingerprint density at radius 2 is 0.710 bits per heavy atom. The summed E-state index contributed by atoms with van der Waals surface area (Å²) in [6.07, 6.45) is 0.495. The summed E-state index contributed by atoms with van der Waals surface area (Å²) in [6, 6.07) is 22.2. The maximum Gasteiger partial charge on any atom is 0.163 e. The molecule has 0 saturated carbocycles. The Hall–Kier alpha value is -3.33. The maximum atomic E-state index is 12.9. The number of rotatable bonds is 9. The molecule has 158 valence electrons. The predicted molar refractivity (Wildman–Crippen MR) is 124 cm³/mol. The molecule has 3 heteroatoms. The quantitative estimate of drug-likeness (QED) is 0.385. The summed E-state index contributed by atoms with van der Waals surface area (Å²) in [7, 11) is 0. The van der Waals surface area contributed by atoms with E-state index in [1.54, 1.807) is 36.4 Å². The fourth-order valence-corrected chi connectivity index (χ4v) is 3.57. The zero-order valence-corrected chi connectivity index (χ0v) is 18.4. The van der Waals surface area contributed by atoms with Crippen LogP contribution < -0.4 is 0 Å². The Morgan fingerprint density at radius 3 is 0.935 bits per heavy atom. The lowest BCUT2D eigenvalue weighted by molar-refractivity contribution is 0.0885. The molecule has 0 atom stereocenters. The summed E-state index contributed by atoms with van der Waals surface area (Å²) in [5, 5.41) is 0. The maximum absolute atomic E-state index is 12.9. The van der Waals surface area contributed by atoms with Crippen molar-refractivity contribution < 1.29 is 14.4 Å². The highest BCUT2D eigenvalue weighted by molar-refractivity contribution is 6.01. The minimum Gasteiger partial charge on any atom is -0.294 e. The van der Waals surface area contributed by atoms with Crippen LogP contribution in [0.3, 0.4) is 0 Å². The van der Waals surface area contributed by atoms with E-state index < -0.39 is 0 Å². The first-order chi connectivity index (χ1) is 14.8. The summed E-state index contributed by atoms with van der Waals surface area (Å²) in [4.78, 5) is 38.6. The van der Waals surface area contributed by atoms with E-state index in [0.29, 0.717) is 16.7 Å². The van der Waals surface area contributed by atoms with Crippen molar-refractivity contribution in [1.29, 1.82) is 0 Å². The molecule has 0 heterocycles. The minimum atomic E-state index is -0.351. The second kappa shape index (κ2) is 10.1. The van der Waals surface area contributed by atoms with Crippen molar-refractivity contribution in [2.75, 3.05) is 0 Å². The monoisotopic (exact) mass is 412 g/mol. The Kier molecular flexibility index (Phi) is 7.30. The van der Waals surface area contributed by atoms with E-state index in [1.165, 1.54) is 0 Å². The zero-order chi connectivity index (χ0) is 22.4. The Balaban J connectivity index is 1.78. The van der Waals surface area contributed by atoms with Gasteiger partial charge in [-0.2, -0.15) is 0 Å². The summed E-state index contributed by atoms with van der Waals surface area (Å²) >= 11 is 0. The van der Waals surface area contributed by atoms with E-state index in [4.69, 9.17) is 0 Å². The molecule has 0 saturated heterocycles. The van der Waals surface area contributed by atoms with Crippen LogP contribution in [0.5, 0.6) is 0 Å². The SMILES string of the molecule is Cc1ccc(C(=O)CC(CC(=O)c2ccc(C)cc2)CC(=O)c2ccc(C)cc2)cc1. The molecule has 31 heavy (non-hydrogen) atoms. The lowest BCUT2D eigenvalue weighted by atomic mass is 9.86. The largest absolute Gasteiger partial charge is 0.294 e. The van der Waals surface area contributed by atoms with Gasteiger partial charge in [-0.15, -0.1) is 0 Å². The third-order valence-corrected chi connectivity index (χ3v) is 5.54. The second-order valence-electron chi connectivity index (χ2n) is 8.35. The predicted octanol–water partition coefficient (Wildman–Crippen LogP) is 6.35. The van der Waals surface area contributed by atoms with Crippen LogP contribution in [0.15, 0.2) is 72.8 Å². The van der Waals surface area contributed by atoms with Gasteiger partial charge in [0.25, 0.3) is 0 Å². The van der Waals surface area contributed by atoms with Crippen LogP contribution in [0.25, 0.3) is 0 Å². The number of hydrogen-bond donors (Lipinski definition) is 0. The average molecular weight is 413 g/mol. The van der Waals surface area contributed by atoms with Crippen LogP contribution in [0.1, 0.15) is 67.0 Å². The summed E-state index contributed by atoms with van der Waals surface area (Å²) in [5.74, 6) is -0.480. The average Bonchev–Trinajstić information content (AvgIpc) is 2.75. The second-order valence-corrected chi connectivity index (χ2v) is 8.35. The van der Waals surface area contributed by atoms with Crippen molar-refractivity contribution in [3.8, 4) is 0 Å². The van der Waals surface area contributed by atoms with Crippen molar-refractivity contribution in [3.05, 3.63) is 106 Å². The van der Waals surface area contributed by atoms with Crippen LogP contribution in [-0.4, -0.2) is 17.3 Å². The molecular weight excluding hydrogens is 384 g/mol. The zero-order valence-electron chi connectivity index (χ0n) is 18.4. The van der Waals surface area contributed by atoms with Gasteiger partial charge in [0.2, 0.25) is 0 Å². The lowest BCUT2D eigenvalue weighted by Gasteiger charge is -2.16. The number of carbonyl (C=O) groups excluding carboxylic acids is 3. The molecule has 0 bridgehead atoms. The van der Waals surface area contributed by atoms with Crippen molar-refractivity contribution in [3.63, 3.8) is 0 Å². The summed E-state index contributed by atoms with van der Waals surface area (Å²) in [6.45, 7) is 5.91. The van der Waals surface area contributed by atoms with E-state index >= 15 is 0 Å². The number of hydrogen-bond acceptors (Lipinski definition) is 3. The molecular formula is C28H28O3. The standard InChI is InChI=1S/C28H28O3/c1-19-4-10-23(11-5-19)26(29)16-22(17-27(30)24-12-6-20(2)7-13-24)18-28(31)25-14-8-21(3)9-15-25/h4-15,22H,16-18H2,1-3H3. The van der Waals surface area contributed by atoms with E-state index in [-0.39, 0.29) is 42.5 Å². The van der Waals surface area contributed by atoms with Crippen LogP contribution in [-0.2, 0) is 0 Å². The molecule has 0 radical (unpaired) electrons. The molecule has 3 aromatic carbocycles. The molecule has 0 aliphatic carbocycles. The van der Waals surface area contributed by atoms with Gasteiger partial charge in [0.1, 0.15) is 0 Å². The molecule has 3 nitrogen and oxygen atoms in total. The molecule has 3 rings (SSSR count). The highest BCUT2D eigenvalue weighted by Crippen LogP contribution is 2.23. The van der Waals surface area contributed by atoms with Gasteiger partial charge in [0.15, 0.2) is 17.3 Å². The number of Topliss-reactive ketones (excluding diaryl/α,β-unsaturated/α-hetero) is 3. The molecule has 0 spiro atoms. The van der Waals surface area contributed by atoms with Crippen molar-refractivity contribution in [1.82, 2.24) is 0 Å². The van der Waals surface area contributed by atoms with Crippen LogP contribution in [0, 0.1) is 26.7 Å². The number of aryl methyl sites for hydroxylation is 3. The molecule has 0 N–H and O–H groups in total. The van der Waals surface area contributed by atoms with Gasteiger partial charge in [-0.05, 0) is 26.7 Å². The first kappa shape index (κ1) is 22.4. The molecule has 0 unspecified atom stereocenters. The fraction of sp³-hybridized carbons (Fsp3) is 0.250. The van der Waals surface area contributed by atoms with Crippen LogP contribution >= 0.6 is 0 Å². The molecule has 0 aliphatic rings. The van der Waals surface area contributed by atoms with E-state index in [9.17, 15) is 14.4 Å². The van der Waals surface area contributed by atoms with Gasteiger partial charge in [-0.25, -0.2) is 0 Å². The first-order valence-corrected chi connectivity index (χ1v) is 10.6. The van der Waals surface area contributed by atoms with Gasteiger partial charge >= 0.3 is 0 Å². The highest BCUT2D eigenvalue weighted by atomic mass is 16.1. The number of benzene rings is 3. The summed E-state index contributed by atoms with van der Waals surface area (Å²) < 4.78 is 0. The molecule has 0 aromatic heterocycles. The van der Waals surface area contributed by atoms with Crippen molar-refractivity contribution >= 4 is 17.3 Å². The number of ketones is 3. The van der Waals surface area contributed by atoms with E-state index in [1.807, 2.05) is 57.2 Å². The molecule has 3 aromatic rings. The number of carbonyl (C=O) groups is 3. The Labute approximate surface area is 184 Å². The Morgan fingerprint density at radius 1 is 0.484 bits per heavy atom. The van der Waals surface area contributed by atoms with Crippen LogP contribution in [0.2, 0.25) is 0 Å². The molecule has 0 amide bonds.